The first-order valence-corrected chi connectivity index (χ1v) is 7.70. The van der Waals surface area contributed by atoms with Crippen LogP contribution in [0.3, 0.4) is 0 Å². The highest BCUT2D eigenvalue weighted by Gasteiger charge is 2.60. The van der Waals surface area contributed by atoms with Gasteiger partial charge in [-0.2, -0.15) is 26.3 Å². The molecule has 2 unspecified atom stereocenters. The summed E-state index contributed by atoms with van der Waals surface area (Å²) in [4.78, 5) is 12.1. The maximum atomic E-state index is 12.6. The number of ether oxygens (including phenoxy) is 1. The van der Waals surface area contributed by atoms with Crippen molar-refractivity contribution >= 4 is 5.97 Å². The minimum absolute atomic E-state index is 0.0471. The third-order valence-corrected chi connectivity index (χ3v) is 4.22. The van der Waals surface area contributed by atoms with Crippen molar-refractivity contribution < 1.29 is 35.9 Å². The van der Waals surface area contributed by atoms with Gasteiger partial charge >= 0.3 is 18.3 Å². The van der Waals surface area contributed by atoms with Crippen LogP contribution in [0.25, 0.3) is 0 Å². The highest BCUT2D eigenvalue weighted by molar-refractivity contribution is 5.76. The second-order valence-corrected chi connectivity index (χ2v) is 6.30. The summed E-state index contributed by atoms with van der Waals surface area (Å²) in [5, 5.41) is 0. The number of halogens is 6. The quantitative estimate of drug-likeness (QED) is 0.479. The molecule has 142 valence electrons. The van der Waals surface area contributed by atoms with E-state index < -0.39 is 29.8 Å². The number of hydrogen-bond acceptors (Lipinski definition) is 2. The summed E-state index contributed by atoms with van der Waals surface area (Å²) in [6.45, 7) is 4.59. The molecule has 0 aliphatic heterocycles. The molecule has 0 saturated heterocycles. The van der Waals surface area contributed by atoms with E-state index in [-0.39, 0.29) is 18.8 Å². The summed E-state index contributed by atoms with van der Waals surface area (Å²) in [5.74, 6) is -1.74. The van der Waals surface area contributed by atoms with Crippen LogP contribution in [0.5, 0.6) is 0 Å². The van der Waals surface area contributed by atoms with Crippen molar-refractivity contribution in [3.05, 3.63) is 35.9 Å². The first-order chi connectivity index (χ1) is 11.3. The molecular formula is C17H20F6O2. The molecule has 8 heteroatoms. The zero-order valence-electron chi connectivity index (χ0n) is 14.0. The molecule has 2 nitrogen and oxygen atoms in total. The lowest BCUT2D eigenvalue weighted by atomic mass is 9.77. The lowest BCUT2D eigenvalue weighted by Crippen LogP contribution is -2.48. The summed E-state index contributed by atoms with van der Waals surface area (Å²) in [6, 6.07) is 8.86. The Kier molecular flexibility index (Phi) is 6.53. The maximum absolute atomic E-state index is 12.6. The summed E-state index contributed by atoms with van der Waals surface area (Å²) in [5.41, 5.74) is -0.637. The number of alkyl halides is 6. The van der Waals surface area contributed by atoms with Gasteiger partial charge in [-0.25, -0.2) is 0 Å². The van der Waals surface area contributed by atoms with Crippen LogP contribution in [0.1, 0.15) is 45.1 Å². The van der Waals surface area contributed by atoms with Crippen LogP contribution in [-0.4, -0.2) is 24.4 Å². The molecule has 0 radical (unpaired) electrons. The van der Waals surface area contributed by atoms with Crippen molar-refractivity contribution in [2.45, 2.75) is 58.0 Å². The fourth-order valence-electron chi connectivity index (χ4n) is 2.52. The fraction of sp³-hybridized carbons (Fsp3) is 0.588. The van der Waals surface area contributed by atoms with Crippen molar-refractivity contribution in [3.63, 3.8) is 0 Å². The van der Waals surface area contributed by atoms with Crippen LogP contribution in [0.15, 0.2) is 30.3 Å². The van der Waals surface area contributed by atoms with Crippen LogP contribution >= 0.6 is 0 Å². The zero-order chi connectivity index (χ0) is 19.5. The minimum atomic E-state index is -5.71. The van der Waals surface area contributed by atoms with Gasteiger partial charge in [0.1, 0.15) is 0 Å². The average Bonchev–Trinajstić information content (AvgIpc) is 2.50. The lowest BCUT2D eigenvalue weighted by Gasteiger charge is -2.32. The predicted octanol–water partition coefficient (Wildman–Crippen LogP) is 5.63. The maximum Gasteiger partial charge on any atom is 0.434 e. The molecule has 0 aromatic heterocycles. The molecule has 0 heterocycles. The molecule has 1 aromatic rings. The Morgan fingerprint density at radius 2 is 1.52 bits per heavy atom. The number of esters is 1. The summed E-state index contributed by atoms with van der Waals surface area (Å²) in [6.07, 6.45) is -15.4. The predicted molar refractivity (Wildman–Crippen MR) is 79.9 cm³/mol. The molecular weight excluding hydrogens is 350 g/mol. The molecule has 0 bridgehead atoms. The van der Waals surface area contributed by atoms with E-state index in [1.165, 1.54) is 13.8 Å². The third-order valence-electron chi connectivity index (χ3n) is 4.22. The van der Waals surface area contributed by atoms with Crippen molar-refractivity contribution in [3.8, 4) is 0 Å². The van der Waals surface area contributed by atoms with Crippen molar-refractivity contribution in [1.29, 1.82) is 0 Å². The molecule has 2 atom stereocenters. The van der Waals surface area contributed by atoms with Gasteiger partial charge in [0.2, 0.25) is 0 Å². The van der Waals surface area contributed by atoms with Gasteiger partial charge in [0.15, 0.2) is 0 Å². The van der Waals surface area contributed by atoms with Crippen molar-refractivity contribution in [2.75, 3.05) is 0 Å². The van der Waals surface area contributed by atoms with E-state index in [0.29, 0.717) is 0 Å². The number of benzene rings is 1. The molecule has 0 saturated carbocycles. The summed E-state index contributed by atoms with van der Waals surface area (Å²) >= 11 is 0. The standard InChI is InChI=1S/C17H20F6O2/c1-4-15(3,10-11(2)12-8-6-5-7-9-12)14(24)25-13(16(18,19)20)17(21,22)23/h5-9,11,13H,4,10H2,1-3H3. The minimum Gasteiger partial charge on any atom is -0.442 e. The largest absolute Gasteiger partial charge is 0.442 e. The van der Waals surface area contributed by atoms with E-state index in [1.54, 1.807) is 37.3 Å². The highest BCUT2D eigenvalue weighted by atomic mass is 19.4. The molecule has 0 aliphatic rings. The molecule has 0 N–H and O–H groups in total. The SMILES string of the molecule is CCC(C)(CC(C)c1ccccc1)C(=O)OC(C(F)(F)F)C(F)(F)F. The van der Waals surface area contributed by atoms with E-state index in [0.717, 1.165) is 5.56 Å². The molecule has 25 heavy (non-hydrogen) atoms. The first-order valence-electron chi connectivity index (χ1n) is 7.70. The second-order valence-electron chi connectivity index (χ2n) is 6.30. The van der Waals surface area contributed by atoms with Gasteiger partial charge in [0.25, 0.3) is 6.10 Å². The topological polar surface area (TPSA) is 26.3 Å². The van der Waals surface area contributed by atoms with E-state index >= 15 is 0 Å². The van der Waals surface area contributed by atoms with Gasteiger partial charge in [0, 0.05) is 0 Å². The molecule has 0 spiro atoms. The average molecular weight is 370 g/mol. The molecule has 0 amide bonds. The normalized spacial score (nSPS) is 16.4. The summed E-state index contributed by atoms with van der Waals surface area (Å²) in [7, 11) is 0. The number of carbonyl (C=O) groups excluding carboxylic acids is 1. The second kappa shape index (κ2) is 7.66. The fourth-order valence-corrected chi connectivity index (χ4v) is 2.52. The lowest BCUT2D eigenvalue weighted by molar-refractivity contribution is -0.315. The van der Waals surface area contributed by atoms with Crippen LogP contribution in [0, 0.1) is 5.41 Å². The van der Waals surface area contributed by atoms with Crippen LogP contribution in [-0.2, 0) is 9.53 Å². The third kappa shape index (κ3) is 5.64. The molecule has 1 aromatic carbocycles. The summed E-state index contributed by atoms with van der Waals surface area (Å²) < 4.78 is 79.5. The Balaban J connectivity index is 2.98. The Labute approximate surface area is 142 Å². The van der Waals surface area contributed by atoms with E-state index in [1.807, 2.05) is 0 Å². The van der Waals surface area contributed by atoms with Gasteiger partial charge in [0.05, 0.1) is 5.41 Å². The van der Waals surface area contributed by atoms with Gasteiger partial charge in [-0.3, -0.25) is 4.79 Å². The van der Waals surface area contributed by atoms with Gasteiger partial charge in [-0.15, -0.1) is 0 Å². The Hall–Kier alpha value is -1.73. The Bertz CT molecular complexity index is 553. The zero-order valence-corrected chi connectivity index (χ0v) is 14.0. The number of carbonyl (C=O) groups is 1. The van der Waals surface area contributed by atoms with Gasteiger partial charge in [-0.05, 0) is 31.2 Å². The number of hydrogen-bond donors (Lipinski definition) is 0. The first kappa shape index (κ1) is 21.3. The molecule has 0 fully saturated rings. The van der Waals surface area contributed by atoms with Gasteiger partial charge in [-0.1, -0.05) is 44.2 Å². The van der Waals surface area contributed by atoms with E-state index in [4.69, 9.17) is 0 Å². The van der Waals surface area contributed by atoms with Crippen LogP contribution < -0.4 is 0 Å². The number of rotatable bonds is 6. The van der Waals surface area contributed by atoms with Crippen LogP contribution in [0.2, 0.25) is 0 Å². The Morgan fingerprint density at radius 1 is 1.04 bits per heavy atom. The Morgan fingerprint density at radius 3 is 1.92 bits per heavy atom. The van der Waals surface area contributed by atoms with Crippen molar-refractivity contribution in [2.24, 2.45) is 5.41 Å². The van der Waals surface area contributed by atoms with Gasteiger partial charge < -0.3 is 4.74 Å². The smallest absolute Gasteiger partial charge is 0.434 e. The van der Waals surface area contributed by atoms with Crippen molar-refractivity contribution in [1.82, 2.24) is 0 Å². The molecule has 1 rings (SSSR count). The van der Waals surface area contributed by atoms with E-state index in [2.05, 4.69) is 4.74 Å². The van der Waals surface area contributed by atoms with Crippen LogP contribution in [0.4, 0.5) is 26.3 Å². The highest BCUT2D eigenvalue weighted by Crippen LogP contribution is 2.40. The molecule has 0 aliphatic carbocycles. The monoisotopic (exact) mass is 370 g/mol. The van der Waals surface area contributed by atoms with E-state index in [9.17, 15) is 31.1 Å².